The molecule has 1 amide bonds. The molecule has 8 heteroatoms. The van der Waals surface area contributed by atoms with Gasteiger partial charge in [0.15, 0.2) is 11.5 Å². The van der Waals surface area contributed by atoms with E-state index in [1.165, 1.54) is 0 Å². The summed E-state index contributed by atoms with van der Waals surface area (Å²) in [5.41, 5.74) is 5.44. The van der Waals surface area contributed by atoms with Crippen LogP contribution in [0.5, 0.6) is 11.5 Å². The lowest BCUT2D eigenvalue weighted by Gasteiger charge is -2.20. The Balaban J connectivity index is 1.59. The van der Waals surface area contributed by atoms with Crippen molar-refractivity contribution < 1.29 is 14.3 Å². The number of fused-ring (bicyclic) bond motifs is 1. The van der Waals surface area contributed by atoms with E-state index in [2.05, 4.69) is 20.6 Å². The van der Waals surface area contributed by atoms with Gasteiger partial charge in [-0.1, -0.05) is 0 Å². The molecule has 0 aliphatic carbocycles. The van der Waals surface area contributed by atoms with Gasteiger partial charge in [-0.25, -0.2) is 0 Å². The van der Waals surface area contributed by atoms with E-state index in [9.17, 15) is 4.79 Å². The largest absolute Gasteiger partial charge is 0.486 e. The van der Waals surface area contributed by atoms with Crippen LogP contribution < -0.4 is 14.8 Å². The number of carbonyl (C=O) groups excluding carboxylic acids is 1. The van der Waals surface area contributed by atoms with Gasteiger partial charge in [0.2, 0.25) is 0 Å². The topological polar surface area (TPSA) is 94.1 Å². The SMILES string of the molecule is Cc1cc2c(cc1NC(=O)c1cc(-c3c(C)nn(C)c3C)n[nH]1)OCCO2. The highest BCUT2D eigenvalue weighted by molar-refractivity contribution is 6.04. The molecule has 0 saturated heterocycles. The summed E-state index contributed by atoms with van der Waals surface area (Å²) in [6.07, 6.45) is 0. The molecule has 0 fully saturated rings. The zero-order valence-electron chi connectivity index (χ0n) is 15.7. The molecule has 0 bridgehead atoms. The number of aryl methyl sites for hydroxylation is 3. The quantitative estimate of drug-likeness (QED) is 0.742. The minimum atomic E-state index is -0.271. The molecule has 0 spiro atoms. The number of aromatic amines is 1. The predicted molar refractivity (Wildman–Crippen MR) is 100 cm³/mol. The molecule has 1 aliphatic rings. The van der Waals surface area contributed by atoms with Gasteiger partial charge >= 0.3 is 0 Å². The number of rotatable bonds is 3. The minimum Gasteiger partial charge on any atom is -0.486 e. The second-order valence-corrected chi connectivity index (χ2v) is 6.60. The average molecular weight is 367 g/mol. The van der Waals surface area contributed by atoms with E-state index in [-0.39, 0.29) is 5.91 Å². The lowest BCUT2D eigenvalue weighted by atomic mass is 10.1. The molecule has 27 heavy (non-hydrogen) atoms. The van der Waals surface area contributed by atoms with E-state index in [0.29, 0.717) is 41.8 Å². The van der Waals surface area contributed by atoms with Crippen molar-refractivity contribution in [2.75, 3.05) is 18.5 Å². The van der Waals surface area contributed by atoms with E-state index in [0.717, 1.165) is 22.5 Å². The fourth-order valence-corrected chi connectivity index (χ4v) is 3.23. The summed E-state index contributed by atoms with van der Waals surface area (Å²) in [5, 5.41) is 14.4. The van der Waals surface area contributed by atoms with Crippen molar-refractivity contribution >= 4 is 11.6 Å². The number of carbonyl (C=O) groups is 1. The van der Waals surface area contributed by atoms with E-state index in [1.54, 1.807) is 16.8 Å². The number of H-pyrrole nitrogens is 1. The molecule has 0 saturated carbocycles. The highest BCUT2D eigenvalue weighted by Gasteiger charge is 2.19. The van der Waals surface area contributed by atoms with Crippen LogP contribution in [0.25, 0.3) is 11.3 Å². The van der Waals surface area contributed by atoms with E-state index >= 15 is 0 Å². The van der Waals surface area contributed by atoms with Crippen LogP contribution in [-0.4, -0.2) is 39.1 Å². The summed E-state index contributed by atoms with van der Waals surface area (Å²) in [6.45, 7) is 6.84. The molecule has 0 atom stereocenters. The Bertz CT molecular complexity index is 1030. The number of benzene rings is 1. The maximum absolute atomic E-state index is 12.7. The number of hydrogen-bond donors (Lipinski definition) is 2. The van der Waals surface area contributed by atoms with Gasteiger partial charge < -0.3 is 14.8 Å². The van der Waals surface area contributed by atoms with Crippen molar-refractivity contribution in [2.45, 2.75) is 20.8 Å². The van der Waals surface area contributed by atoms with Crippen molar-refractivity contribution in [1.29, 1.82) is 0 Å². The standard InChI is InChI=1S/C19H21N5O3/c1-10-7-16-17(27-6-5-26-16)9-13(10)20-19(25)15-8-14(21-22-15)18-11(2)23-24(4)12(18)3/h7-9H,5-6H2,1-4H3,(H,20,25)(H,21,22). The molecule has 0 unspecified atom stereocenters. The summed E-state index contributed by atoms with van der Waals surface area (Å²) in [5.74, 6) is 1.06. The van der Waals surface area contributed by atoms with Gasteiger partial charge in [-0.2, -0.15) is 10.2 Å². The number of hydrogen-bond acceptors (Lipinski definition) is 5. The molecule has 1 aromatic carbocycles. The molecule has 3 heterocycles. The summed E-state index contributed by atoms with van der Waals surface area (Å²) >= 11 is 0. The van der Waals surface area contributed by atoms with Crippen LogP contribution in [-0.2, 0) is 7.05 Å². The maximum atomic E-state index is 12.7. The van der Waals surface area contributed by atoms with E-state index in [4.69, 9.17) is 9.47 Å². The zero-order chi connectivity index (χ0) is 19.1. The fourth-order valence-electron chi connectivity index (χ4n) is 3.23. The van der Waals surface area contributed by atoms with Crippen molar-refractivity contribution in [3.05, 3.63) is 40.8 Å². The third-order valence-electron chi connectivity index (χ3n) is 4.73. The number of amides is 1. The van der Waals surface area contributed by atoms with E-state index < -0.39 is 0 Å². The van der Waals surface area contributed by atoms with Crippen molar-refractivity contribution in [1.82, 2.24) is 20.0 Å². The monoisotopic (exact) mass is 367 g/mol. The predicted octanol–water partition coefficient (Wildman–Crippen LogP) is 2.76. The van der Waals surface area contributed by atoms with E-state index in [1.807, 2.05) is 33.9 Å². The Labute approximate surface area is 156 Å². The Kier molecular flexibility index (Phi) is 4.10. The van der Waals surface area contributed by atoms with Crippen LogP contribution >= 0.6 is 0 Å². The molecule has 2 N–H and O–H groups in total. The number of nitrogens with zero attached hydrogens (tertiary/aromatic N) is 3. The summed E-state index contributed by atoms with van der Waals surface area (Å²) < 4.78 is 13.0. The lowest BCUT2D eigenvalue weighted by molar-refractivity contribution is 0.102. The lowest BCUT2D eigenvalue weighted by Crippen LogP contribution is -2.17. The molecule has 8 nitrogen and oxygen atoms in total. The molecule has 4 rings (SSSR count). The van der Waals surface area contributed by atoms with Gasteiger partial charge in [0.25, 0.3) is 5.91 Å². The summed E-state index contributed by atoms with van der Waals surface area (Å²) in [7, 11) is 1.89. The zero-order valence-corrected chi connectivity index (χ0v) is 15.7. The molecule has 1 aliphatic heterocycles. The van der Waals surface area contributed by atoms with Crippen molar-refractivity contribution in [2.24, 2.45) is 7.05 Å². The second-order valence-electron chi connectivity index (χ2n) is 6.60. The normalized spacial score (nSPS) is 12.9. The summed E-state index contributed by atoms with van der Waals surface area (Å²) in [6, 6.07) is 5.39. The molecular formula is C19H21N5O3. The van der Waals surface area contributed by atoms with Crippen molar-refractivity contribution in [3.63, 3.8) is 0 Å². The van der Waals surface area contributed by atoms with Gasteiger partial charge in [-0.3, -0.25) is 14.6 Å². The second kappa shape index (κ2) is 6.46. The Morgan fingerprint density at radius 2 is 1.85 bits per heavy atom. The Morgan fingerprint density at radius 1 is 1.15 bits per heavy atom. The molecule has 140 valence electrons. The minimum absolute atomic E-state index is 0.271. The van der Waals surface area contributed by atoms with Gasteiger partial charge in [0, 0.05) is 30.1 Å². The van der Waals surface area contributed by atoms with Crippen LogP contribution in [0.15, 0.2) is 18.2 Å². The van der Waals surface area contributed by atoms with Crippen LogP contribution in [0.2, 0.25) is 0 Å². The number of ether oxygens (including phenoxy) is 2. The number of aromatic nitrogens is 4. The van der Waals surface area contributed by atoms with Crippen LogP contribution in [0.4, 0.5) is 5.69 Å². The fraction of sp³-hybridized carbons (Fsp3) is 0.316. The smallest absolute Gasteiger partial charge is 0.273 e. The highest BCUT2D eigenvalue weighted by Crippen LogP contribution is 2.35. The van der Waals surface area contributed by atoms with Crippen LogP contribution in [0.1, 0.15) is 27.4 Å². The maximum Gasteiger partial charge on any atom is 0.273 e. The number of anilines is 1. The average Bonchev–Trinajstić information content (AvgIpc) is 3.20. The molecule has 2 aromatic heterocycles. The third-order valence-corrected chi connectivity index (χ3v) is 4.73. The number of nitrogens with one attached hydrogen (secondary N) is 2. The van der Waals surface area contributed by atoms with Crippen molar-refractivity contribution in [3.8, 4) is 22.8 Å². The molecule has 3 aromatic rings. The molecule has 0 radical (unpaired) electrons. The van der Waals surface area contributed by atoms with Gasteiger partial charge in [0.05, 0.1) is 11.4 Å². The molecular weight excluding hydrogens is 346 g/mol. The van der Waals surface area contributed by atoms with Gasteiger partial charge in [0.1, 0.15) is 18.9 Å². The first kappa shape index (κ1) is 17.1. The van der Waals surface area contributed by atoms with Crippen LogP contribution in [0.3, 0.4) is 0 Å². The first-order valence-electron chi connectivity index (χ1n) is 8.71. The Hall–Kier alpha value is -3.29. The highest BCUT2D eigenvalue weighted by atomic mass is 16.6. The first-order valence-corrected chi connectivity index (χ1v) is 8.71. The third kappa shape index (κ3) is 3.03. The van der Waals surface area contributed by atoms with Gasteiger partial charge in [-0.15, -0.1) is 0 Å². The van der Waals surface area contributed by atoms with Crippen LogP contribution in [0, 0.1) is 20.8 Å². The first-order chi connectivity index (χ1) is 12.9. The Morgan fingerprint density at radius 3 is 2.52 bits per heavy atom. The summed E-state index contributed by atoms with van der Waals surface area (Å²) in [4.78, 5) is 12.7. The van der Waals surface area contributed by atoms with Gasteiger partial charge in [-0.05, 0) is 38.5 Å².